The van der Waals surface area contributed by atoms with Gasteiger partial charge < -0.3 is 4.57 Å². The van der Waals surface area contributed by atoms with Crippen LogP contribution in [0.25, 0.3) is 33.2 Å². The van der Waals surface area contributed by atoms with E-state index in [0.717, 1.165) is 23.0 Å². The Labute approximate surface area is 184 Å². The lowest BCUT2D eigenvalue weighted by molar-refractivity contribution is 0.496. The van der Waals surface area contributed by atoms with Crippen molar-refractivity contribution in [3.05, 3.63) is 75.3 Å². The molecule has 0 amide bonds. The number of aromatic nitrogens is 5. The molecule has 0 spiro atoms. The Morgan fingerprint density at radius 1 is 0.968 bits per heavy atom. The van der Waals surface area contributed by atoms with Crippen molar-refractivity contribution in [3.8, 4) is 0 Å². The largest absolute Gasteiger partial charge is 0.304 e. The highest BCUT2D eigenvalue weighted by molar-refractivity contribution is 6.31. The third kappa shape index (κ3) is 3.10. The van der Waals surface area contributed by atoms with E-state index < -0.39 is 0 Å². The van der Waals surface area contributed by atoms with Crippen LogP contribution in [-0.2, 0) is 6.54 Å². The molecule has 156 valence electrons. The predicted molar refractivity (Wildman–Crippen MR) is 125 cm³/mol. The molecule has 0 fully saturated rings. The highest BCUT2D eigenvalue weighted by atomic mass is 35.5. The maximum atomic E-state index is 13.6. The molecule has 1 atom stereocenters. The van der Waals surface area contributed by atoms with Crippen LogP contribution in [0.5, 0.6) is 0 Å². The number of nitrogens with zero attached hydrogens (tertiary/aromatic N) is 5. The van der Waals surface area contributed by atoms with Gasteiger partial charge in [-0.2, -0.15) is 0 Å². The third-order valence-electron chi connectivity index (χ3n) is 5.89. The zero-order chi connectivity index (χ0) is 21.7. The average molecular weight is 432 g/mol. The van der Waals surface area contributed by atoms with Crippen molar-refractivity contribution >= 4 is 44.8 Å². The minimum absolute atomic E-state index is 0.0415. The van der Waals surface area contributed by atoms with Gasteiger partial charge in [0.25, 0.3) is 5.56 Å². The lowest BCUT2D eigenvalue weighted by Crippen LogP contribution is -2.26. The molecule has 3 heterocycles. The molecular formula is C24H22ClN5O. The Bertz CT molecular complexity index is 1520. The predicted octanol–water partition coefficient (Wildman–Crippen LogP) is 5.28. The van der Waals surface area contributed by atoms with E-state index in [2.05, 4.69) is 6.92 Å². The number of hydrogen-bond acceptors (Lipinski definition) is 4. The topological polar surface area (TPSA) is 65.6 Å². The van der Waals surface area contributed by atoms with Gasteiger partial charge in [0.15, 0.2) is 11.3 Å². The molecule has 0 saturated heterocycles. The minimum atomic E-state index is -0.0793. The molecule has 0 aliphatic heterocycles. The zero-order valence-corrected chi connectivity index (χ0v) is 18.4. The lowest BCUT2D eigenvalue weighted by Gasteiger charge is -2.16. The zero-order valence-electron chi connectivity index (χ0n) is 17.6. The number of aryl methyl sites for hydroxylation is 1. The molecule has 6 nitrogen and oxygen atoms in total. The molecule has 0 radical (unpaired) electrons. The highest BCUT2D eigenvalue weighted by Gasteiger charge is 2.23. The van der Waals surface area contributed by atoms with E-state index in [4.69, 9.17) is 26.6 Å². The fourth-order valence-electron chi connectivity index (χ4n) is 4.12. The molecule has 0 N–H and O–H groups in total. The second-order valence-electron chi connectivity index (χ2n) is 7.85. The van der Waals surface area contributed by atoms with Crippen molar-refractivity contribution in [2.24, 2.45) is 0 Å². The summed E-state index contributed by atoms with van der Waals surface area (Å²) >= 11 is 6.45. The first-order valence-corrected chi connectivity index (χ1v) is 10.8. The quantitative estimate of drug-likeness (QED) is 0.388. The molecule has 0 aliphatic rings. The van der Waals surface area contributed by atoms with Gasteiger partial charge in [0.05, 0.1) is 17.6 Å². The smallest absolute Gasteiger partial charge is 0.265 e. The van der Waals surface area contributed by atoms with Crippen molar-refractivity contribution in [2.45, 2.75) is 39.8 Å². The van der Waals surface area contributed by atoms with Gasteiger partial charge in [-0.1, -0.05) is 48.9 Å². The van der Waals surface area contributed by atoms with Gasteiger partial charge in [0.2, 0.25) is 0 Å². The Balaban J connectivity index is 1.92. The number of benzene rings is 2. The van der Waals surface area contributed by atoms with E-state index in [1.807, 2.05) is 66.9 Å². The fraction of sp³-hybridized carbons (Fsp3) is 0.250. The summed E-state index contributed by atoms with van der Waals surface area (Å²) in [6, 6.07) is 15.4. The first-order chi connectivity index (χ1) is 15.0. The molecular weight excluding hydrogens is 410 g/mol. The van der Waals surface area contributed by atoms with Crippen molar-refractivity contribution in [3.63, 3.8) is 0 Å². The molecule has 5 aromatic rings. The third-order valence-corrected chi connectivity index (χ3v) is 6.26. The molecule has 7 heteroatoms. The highest BCUT2D eigenvalue weighted by Crippen LogP contribution is 2.28. The van der Waals surface area contributed by atoms with Crippen LogP contribution in [0.15, 0.2) is 53.3 Å². The van der Waals surface area contributed by atoms with Gasteiger partial charge in [0.1, 0.15) is 16.7 Å². The Morgan fingerprint density at radius 2 is 1.65 bits per heavy atom. The molecule has 31 heavy (non-hydrogen) atoms. The Hall–Kier alpha value is -3.25. The van der Waals surface area contributed by atoms with Crippen LogP contribution < -0.4 is 5.56 Å². The first kappa shape index (κ1) is 19.7. The summed E-state index contributed by atoms with van der Waals surface area (Å²) in [5, 5.41) is 1.17. The summed E-state index contributed by atoms with van der Waals surface area (Å²) in [6.45, 7) is 6.43. The van der Waals surface area contributed by atoms with Crippen LogP contribution in [0, 0.1) is 6.92 Å². The summed E-state index contributed by atoms with van der Waals surface area (Å²) in [5.41, 5.74) is 4.19. The number of rotatable bonds is 4. The molecule has 0 saturated carbocycles. The molecule has 3 aromatic heterocycles. The van der Waals surface area contributed by atoms with Crippen molar-refractivity contribution in [1.29, 1.82) is 0 Å². The van der Waals surface area contributed by atoms with Crippen LogP contribution in [0.1, 0.15) is 37.7 Å². The first-order valence-electron chi connectivity index (χ1n) is 10.4. The van der Waals surface area contributed by atoms with Gasteiger partial charge >= 0.3 is 0 Å². The summed E-state index contributed by atoms with van der Waals surface area (Å²) < 4.78 is 3.72. The molecule has 0 aliphatic carbocycles. The van der Waals surface area contributed by atoms with E-state index in [1.54, 1.807) is 4.57 Å². The van der Waals surface area contributed by atoms with E-state index in [1.165, 1.54) is 0 Å². The summed E-state index contributed by atoms with van der Waals surface area (Å²) in [7, 11) is 0. The molecule has 2 aromatic carbocycles. The SMILES string of the molecule is CC[C@H](C)n1c(C)nc2c(c1=O)c1nc3ccccc3nc1n2Cc1ccccc1Cl. The second-order valence-corrected chi connectivity index (χ2v) is 8.26. The lowest BCUT2D eigenvalue weighted by atomic mass is 10.2. The summed E-state index contributed by atoms with van der Waals surface area (Å²) in [6.07, 6.45) is 0.834. The number of halogens is 1. The molecule has 5 rings (SSSR count). The van der Waals surface area contributed by atoms with E-state index in [9.17, 15) is 4.79 Å². The van der Waals surface area contributed by atoms with Crippen molar-refractivity contribution < 1.29 is 0 Å². The minimum Gasteiger partial charge on any atom is -0.304 e. The normalized spacial score (nSPS) is 12.8. The average Bonchev–Trinajstić information content (AvgIpc) is 3.06. The van der Waals surface area contributed by atoms with Crippen molar-refractivity contribution in [2.75, 3.05) is 0 Å². The van der Waals surface area contributed by atoms with E-state index >= 15 is 0 Å². The maximum absolute atomic E-state index is 13.6. The molecule has 0 unspecified atom stereocenters. The van der Waals surface area contributed by atoms with Crippen molar-refractivity contribution in [1.82, 2.24) is 24.1 Å². The number of para-hydroxylation sites is 2. The van der Waals surface area contributed by atoms with E-state index in [-0.39, 0.29) is 11.6 Å². The monoisotopic (exact) mass is 431 g/mol. The number of hydrogen-bond donors (Lipinski definition) is 0. The number of fused-ring (bicyclic) bond motifs is 4. The maximum Gasteiger partial charge on any atom is 0.265 e. The second kappa shape index (κ2) is 7.46. The van der Waals surface area contributed by atoms with Gasteiger partial charge in [0, 0.05) is 11.1 Å². The van der Waals surface area contributed by atoms with Crippen LogP contribution in [0.2, 0.25) is 5.02 Å². The van der Waals surface area contributed by atoms with Gasteiger partial charge in [-0.15, -0.1) is 0 Å². The van der Waals surface area contributed by atoms with Gasteiger partial charge in [-0.25, -0.2) is 15.0 Å². The Kier molecular flexibility index (Phi) is 4.74. The van der Waals surface area contributed by atoms with Crippen LogP contribution in [0.4, 0.5) is 0 Å². The van der Waals surface area contributed by atoms with Crippen LogP contribution in [-0.4, -0.2) is 24.1 Å². The fourth-order valence-corrected chi connectivity index (χ4v) is 4.32. The van der Waals surface area contributed by atoms with Crippen LogP contribution in [0.3, 0.4) is 0 Å². The van der Waals surface area contributed by atoms with E-state index in [0.29, 0.717) is 39.6 Å². The molecule has 0 bridgehead atoms. The van der Waals surface area contributed by atoms with Gasteiger partial charge in [-0.3, -0.25) is 9.36 Å². The van der Waals surface area contributed by atoms with Gasteiger partial charge in [-0.05, 0) is 44.0 Å². The standard InChI is InChI=1S/C24H22ClN5O/c1-4-14(2)30-15(3)26-22-20(24(30)31)21-23(28-19-12-8-7-11-18(19)27-21)29(22)13-16-9-5-6-10-17(16)25/h5-12,14H,4,13H2,1-3H3/t14-/m0/s1. The Morgan fingerprint density at radius 3 is 2.35 bits per heavy atom. The van der Waals surface area contributed by atoms with Crippen LogP contribution >= 0.6 is 11.6 Å². The summed E-state index contributed by atoms with van der Waals surface area (Å²) in [4.78, 5) is 28.2. The summed E-state index contributed by atoms with van der Waals surface area (Å²) in [5.74, 6) is 0.680.